The molecule has 2 aromatic carbocycles. The molecule has 0 radical (unpaired) electrons. The number of rotatable bonds is 5. The number of nitrogens with one attached hydrogen (secondary N) is 1. The molecule has 2 fully saturated rings. The third-order valence-corrected chi connectivity index (χ3v) is 6.30. The fourth-order valence-corrected chi connectivity index (χ4v) is 4.73. The van der Waals surface area contributed by atoms with E-state index >= 15 is 0 Å². The van der Waals surface area contributed by atoms with Gasteiger partial charge in [0, 0.05) is 18.7 Å². The summed E-state index contributed by atoms with van der Waals surface area (Å²) in [5, 5.41) is 12.7. The topological polar surface area (TPSA) is 86.7 Å². The molecule has 6 heteroatoms. The maximum Gasteiger partial charge on any atom is 0.311 e. The van der Waals surface area contributed by atoms with Crippen LogP contribution in [0.4, 0.5) is 0 Å². The summed E-state index contributed by atoms with van der Waals surface area (Å²) in [6.45, 7) is 0.631. The van der Waals surface area contributed by atoms with Gasteiger partial charge in [-0.1, -0.05) is 55.0 Å². The second-order valence-electron chi connectivity index (χ2n) is 7.95. The number of nitrogens with zero attached hydrogens (tertiary/aromatic N) is 1. The van der Waals surface area contributed by atoms with Gasteiger partial charge in [-0.05, 0) is 36.5 Å². The fraction of sp³-hybridized carbons (Fsp3) is 0.348. The maximum atomic E-state index is 13.4. The molecule has 4 rings (SSSR count). The molecule has 1 saturated carbocycles. The second-order valence-corrected chi connectivity index (χ2v) is 7.95. The van der Waals surface area contributed by atoms with Crippen LogP contribution in [0, 0.1) is 11.3 Å². The van der Waals surface area contributed by atoms with E-state index in [1.807, 2.05) is 24.3 Å². The summed E-state index contributed by atoms with van der Waals surface area (Å²) in [7, 11) is 0. The SMILES string of the molecule is O=C(NC(C(=O)N1C[C@@H]2CCC[C@@]2(C(=O)O)C1)c1ccccc1)c1ccccc1. The lowest BCUT2D eigenvalue weighted by Crippen LogP contribution is -2.43. The molecule has 0 aromatic heterocycles. The summed E-state index contributed by atoms with van der Waals surface area (Å²) in [5.74, 6) is -1.43. The number of carbonyl (C=O) groups excluding carboxylic acids is 2. The van der Waals surface area contributed by atoms with Crippen molar-refractivity contribution in [1.82, 2.24) is 10.2 Å². The van der Waals surface area contributed by atoms with Gasteiger partial charge in [-0.25, -0.2) is 0 Å². The van der Waals surface area contributed by atoms with E-state index in [2.05, 4.69) is 5.32 Å². The van der Waals surface area contributed by atoms with Crippen LogP contribution in [0.25, 0.3) is 0 Å². The molecule has 2 amide bonds. The van der Waals surface area contributed by atoms with E-state index in [0.29, 0.717) is 24.1 Å². The normalized spacial score (nSPS) is 24.0. The Bertz CT molecular complexity index is 915. The molecule has 3 atom stereocenters. The van der Waals surface area contributed by atoms with Crippen molar-refractivity contribution in [2.24, 2.45) is 11.3 Å². The van der Waals surface area contributed by atoms with Gasteiger partial charge in [0.15, 0.2) is 0 Å². The third-order valence-electron chi connectivity index (χ3n) is 6.30. The van der Waals surface area contributed by atoms with Crippen molar-refractivity contribution in [3.8, 4) is 0 Å². The molecule has 1 aliphatic carbocycles. The smallest absolute Gasteiger partial charge is 0.311 e. The summed E-state index contributed by atoms with van der Waals surface area (Å²) in [6.07, 6.45) is 2.30. The minimum atomic E-state index is -0.853. The Morgan fingerprint density at radius 2 is 1.69 bits per heavy atom. The Labute approximate surface area is 169 Å². The van der Waals surface area contributed by atoms with Gasteiger partial charge in [0.1, 0.15) is 6.04 Å². The zero-order valence-corrected chi connectivity index (χ0v) is 16.1. The Morgan fingerprint density at radius 1 is 1.03 bits per heavy atom. The molecule has 1 unspecified atom stereocenters. The van der Waals surface area contributed by atoms with E-state index in [1.165, 1.54) is 0 Å². The Hall–Kier alpha value is -3.15. The molecule has 2 aromatic rings. The van der Waals surface area contributed by atoms with Crippen LogP contribution in [0.5, 0.6) is 0 Å². The number of carbonyl (C=O) groups is 3. The highest BCUT2D eigenvalue weighted by atomic mass is 16.4. The van der Waals surface area contributed by atoms with E-state index in [0.717, 1.165) is 12.8 Å². The summed E-state index contributed by atoms with van der Waals surface area (Å²) in [6, 6.07) is 17.0. The van der Waals surface area contributed by atoms with Crippen LogP contribution in [0.15, 0.2) is 60.7 Å². The number of aliphatic carboxylic acids is 1. The van der Waals surface area contributed by atoms with E-state index < -0.39 is 17.4 Å². The second kappa shape index (κ2) is 7.70. The lowest BCUT2D eigenvalue weighted by Gasteiger charge is -2.27. The molecule has 0 spiro atoms. The minimum Gasteiger partial charge on any atom is -0.481 e. The molecule has 29 heavy (non-hydrogen) atoms. The van der Waals surface area contributed by atoms with Crippen LogP contribution in [-0.2, 0) is 9.59 Å². The first kappa shape index (κ1) is 19.2. The molecule has 2 aliphatic rings. The summed E-state index contributed by atoms with van der Waals surface area (Å²) >= 11 is 0. The van der Waals surface area contributed by atoms with Crippen LogP contribution in [0.3, 0.4) is 0 Å². The zero-order valence-electron chi connectivity index (χ0n) is 16.1. The van der Waals surface area contributed by atoms with Gasteiger partial charge in [-0.15, -0.1) is 0 Å². The number of carboxylic acids is 1. The van der Waals surface area contributed by atoms with Gasteiger partial charge in [0.25, 0.3) is 5.91 Å². The maximum absolute atomic E-state index is 13.4. The standard InChI is InChI=1S/C23H24N2O4/c26-20(17-10-5-2-6-11-17)24-19(16-8-3-1-4-9-16)21(27)25-14-18-12-7-13-23(18,15-25)22(28)29/h1-6,8-11,18-19H,7,12-15H2,(H,24,26)(H,28,29)/t18-,19?,23+/m0/s1. The van der Waals surface area contributed by atoms with Gasteiger partial charge >= 0.3 is 5.97 Å². The zero-order chi connectivity index (χ0) is 20.4. The van der Waals surface area contributed by atoms with Gasteiger partial charge in [0.05, 0.1) is 5.41 Å². The number of carboxylic acid groups (broad SMARTS) is 1. The predicted octanol–water partition coefficient (Wildman–Crippen LogP) is 2.87. The number of hydrogen-bond donors (Lipinski definition) is 2. The highest BCUT2D eigenvalue weighted by molar-refractivity contribution is 5.98. The number of likely N-dealkylation sites (tertiary alicyclic amines) is 1. The molecule has 1 saturated heterocycles. The molecule has 150 valence electrons. The summed E-state index contributed by atoms with van der Waals surface area (Å²) in [5.41, 5.74) is 0.310. The van der Waals surface area contributed by atoms with Crippen molar-refractivity contribution in [2.75, 3.05) is 13.1 Å². The Morgan fingerprint density at radius 3 is 2.31 bits per heavy atom. The van der Waals surface area contributed by atoms with Crippen LogP contribution in [0.1, 0.15) is 41.2 Å². The molecule has 6 nitrogen and oxygen atoms in total. The molecule has 1 heterocycles. The molecule has 2 N–H and O–H groups in total. The number of hydrogen-bond acceptors (Lipinski definition) is 3. The minimum absolute atomic E-state index is 0.0230. The largest absolute Gasteiger partial charge is 0.481 e. The lowest BCUT2D eigenvalue weighted by atomic mass is 9.81. The van der Waals surface area contributed by atoms with E-state index in [-0.39, 0.29) is 24.3 Å². The lowest BCUT2D eigenvalue weighted by molar-refractivity contribution is -0.149. The van der Waals surface area contributed by atoms with Crippen LogP contribution >= 0.6 is 0 Å². The number of amides is 2. The van der Waals surface area contributed by atoms with Gasteiger partial charge in [-0.2, -0.15) is 0 Å². The highest BCUT2D eigenvalue weighted by Gasteiger charge is 2.56. The first-order valence-corrected chi connectivity index (χ1v) is 9.94. The van der Waals surface area contributed by atoms with Crippen molar-refractivity contribution in [3.63, 3.8) is 0 Å². The van der Waals surface area contributed by atoms with Crippen molar-refractivity contribution >= 4 is 17.8 Å². The molecule has 1 aliphatic heterocycles. The van der Waals surface area contributed by atoms with Gasteiger partial charge < -0.3 is 15.3 Å². The predicted molar refractivity (Wildman–Crippen MR) is 107 cm³/mol. The van der Waals surface area contributed by atoms with Crippen LogP contribution in [0.2, 0.25) is 0 Å². The average molecular weight is 392 g/mol. The summed E-state index contributed by atoms with van der Waals surface area (Å²) in [4.78, 5) is 39.8. The average Bonchev–Trinajstić information content (AvgIpc) is 3.31. The number of fused-ring (bicyclic) bond motifs is 1. The quantitative estimate of drug-likeness (QED) is 0.819. The summed E-state index contributed by atoms with van der Waals surface area (Å²) < 4.78 is 0. The Kier molecular flexibility index (Phi) is 5.09. The first-order valence-electron chi connectivity index (χ1n) is 9.94. The number of benzene rings is 2. The van der Waals surface area contributed by atoms with Crippen molar-refractivity contribution in [3.05, 3.63) is 71.8 Å². The van der Waals surface area contributed by atoms with Crippen LogP contribution in [-0.4, -0.2) is 40.9 Å². The van der Waals surface area contributed by atoms with Crippen molar-refractivity contribution in [2.45, 2.75) is 25.3 Å². The Balaban J connectivity index is 1.59. The molecular formula is C23H24N2O4. The van der Waals surface area contributed by atoms with E-state index in [1.54, 1.807) is 41.3 Å². The molecule has 0 bridgehead atoms. The third kappa shape index (κ3) is 3.50. The fourth-order valence-electron chi connectivity index (χ4n) is 4.73. The molecular weight excluding hydrogens is 368 g/mol. The van der Waals surface area contributed by atoms with Gasteiger partial charge in [-0.3, -0.25) is 14.4 Å². The van der Waals surface area contributed by atoms with Crippen molar-refractivity contribution < 1.29 is 19.5 Å². The van der Waals surface area contributed by atoms with E-state index in [4.69, 9.17) is 0 Å². The van der Waals surface area contributed by atoms with Crippen molar-refractivity contribution in [1.29, 1.82) is 0 Å². The van der Waals surface area contributed by atoms with Crippen LogP contribution < -0.4 is 5.32 Å². The van der Waals surface area contributed by atoms with E-state index in [9.17, 15) is 19.5 Å². The first-order chi connectivity index (χ1) is 14.0. The highest BCUT2D eigenvalue weighted by Crippen LogP contribution is 2.49. The monoisotopic (exact) mass is 392 g/mol. The van der Waals surface area contributed by atoms with Gasteiger partial charge in [0.2, 0.25) is 5.91 Å².